The predicted molar refractivity (Wildman–Crippen MR) is 72.5 cm³/mol. The third kappa shape index (κ3) is 5.80. The van der Waals surface area contributed by atoms with Crippen LogP contribution in [-0.4, -0.2) is 84.7 Å². The van der Waals surface area contributed by atoms with E-state index in [-0.39, 0.29) is 5.91 Å². The largest absolute Gasteiger partial charge is 0.389 e. The van der Waals surface area contributed by atoms with E-state index < -0.39 is 5.60 Å². The van der Waals surface area contributed by atoms with Gasteiger partial charge in [-0.2, -0.15) is 0 Å². The summed E-state index contributed by atoms with van der Waals surface area (Å²) in [5, 5.41) is 9.77. The number of carbonyl (C=O) groups is 1. The van der Waals surface area contributed by atoms with Crippen LogP contribution < -0.4 is 0 Å². The van der Waals surface area contributed by atoms with E-state index in [9.17, 15) is 9.90 Å². The van der Waals surface area contributed by atoms with Crippen molar-refractivity contribution in [2.75, 3.05) is 53.4 Å². The molecular formula is C13H27N3O2. The van der Waals surface area contributed by atoms with Gasteiger partial charge in [0.25, 0.3) is 0 Å². The second-order valence-corrected chi connectivity index (χ2v) is 5.97. The number of rotatable bonds is 5. The maximum absolute atomic E-state index is 11.5. The van der Waals surface area contributed by atoms with E-state index in [1.54, 1.807) is 19.0 Å². The van der Waals surface area contributed by atoms with Crippen LogP contribution in [0.5, 0.6) is 0 Å². The number of piperazine rings is 1. The highest BCUT2D eigenvalue weighted by atomic mass is 16.3. The smallest absolute Gasteiger partial charge is 0.223 e. The minimum Gasteiger partial charge on any atom is -0.389 e. The van der Waals surface area contributed by atoms with Gasteiger partial charge in [0.15, 0.2) is 0 Å². The summed E-state index contributed by atoms with van der Waals surface area (Å²) in [6, 6.07) is 0. The van der Waals surface area contributed by atoms with Gasteiger partial charge in [0.2, 0.25) is 5.91 Å². The first-order chi connectivity index (χ1) is 8.28. The minimum atomic E-state index is -0.622. The van der Waals surface area contributed by atoms with Crippen molar-refractivity contribution in [1.29, 1.82) is 0 Å². The lowest BCUT2D eigenvalue weighted by Crippen LogP contribution is -2.50. The van der Waals surface area contributed by atoms with Gasteiger partial charge in [-0.15, -0.1) is 0 Å². The highest BCUT2D eigenvalue weighted by Gasteiger charge is 2.22. The van der Waals surface area contributed by atoms with E-state index in [1.165, 1.54) is 0 Å². The molecule has 1 aliphatic rings. The molecule has 106 valence electrons. The van der Waals surface area contributed by atoms with E-state index >= 15 is 0 Å². The van der Waals surface area contributed by atoms with Crippen LogP contribution in [0.25, 0.3) is 0 Å². The zero-order valence-corrected chi connectivity index (χ0v) is 12.1. The molecule has 0 radical (unpaired) electrons. The van der Waals surface area contributed by atoms with Gasteiger partial charge >= 0.3 is 0 Å². The van der Waals surface area contributed by atoms with Crippen molar-refractivity contribution in [2.45, 2.75) is 25.9 Å². The summed E-state index contributed by atoms with van der Waals surface area (Å²) in [4.78, 5) is 17.7. The van der Waals surface area contributed by atoms with Crippen LogP contribution in [-0.2, 0) is 4.79 Å². The second-order valence-electron chi connectivity index (χ2n) is 5.97. The fourth-order valence-electron chi connectivity index (χ4n) is 2.20. The zero-order chi connectivity index (χ0) is 13.8. The fraction of sp³-hybridized carbons (Fsp3) is 0.923. The number of amides is 1. The molecule has 0 aromatic rings. The molecule has 1 rings (SSSR count). The molecule has 0 atom stereocenters. The maximum atomic E-state index is 11.5. The van der Waals surface area contributed by atoms with E-state index in [1.807, 2.05) is 13.8 Å². The third-order valence-electron chi connectivity index (χ3n) is 3.22. The molecule has 0 bridgehead atoms. The van der Waals surface area contributed by atoms with E-state index in [0.29, 0.717) is 6.42 Å². The van der Waals surface area contributed by atoms with E-state index in [0.717, 1.165) is 39.3 Å². The Kier molecular flexibility index (Phi) is 5.56. The lowest BCUT2D eigenvalue weighted by atomic mass is 10.1. The normalized spacial score (nSPS) is 18.9. The highest BCUT2D eigenvalue weighted by Crippen LogP contribution is 2.09. The molecule has 1 saturated heterocycles. The average Bonchev–Trinajstić information content (AvgIpc) is 2.25. The monoisotopic (exact) mass is 257 g/mol. The van der Waals surface area contributed by atoms with Gasteiger partial charge in [-0.3, -0.25) is 9.69 Å². The van der Waals surface area contributed by atoms with Crippen LogP contribution in [0.15, 0.2) is 0 Å². The van der Waals surface area contributed by atoms with E-state index in [2.05, 4.69) is 9.80 Å². The Hall–Kier alpha value is -0.650. The van der Waals surface area contributed by atoms with Crippen molar-refractivity contribution in [3.05, 3.63) is 0 Å². The first-order valence-corrected chi connectivity index (χ1v) is 6.65. The van der Waals surface area contributed by atoms with Crippen molar-refractivity contribution in [3.63, 3.8) is 0 Å². The van der Waals surface area contributed by atoms with Gasteiger partial charge in [-0.05, 0) is 13.8 Å². The van der Waals surface area contributed by atoms with Gasteiger partial charge in [0.05, 0.1) is 5.60 Å². The summed E-state index contributed by atoms with van der Waals surface area (Å²) in [5.74, 6) is 0.189. The van der Waals surface area contributed by atoms with Crippen molar-refractivity contribution in [2.24, 2.45) is 0 Å². The average molecular weight is 257 g/mol. The molecule has 5 nitrogen and oxygen atoms in total. The molecule has 1 aliphatic heterocycles. The molecule has 0 spiro atoms. The number of nitrogens with zero attached hydrogens (tertiary/aromatic N) is 3. The number of carbonyl (C=O) groups excluding carboxylic acids is 1. The van der Waals surface area contributed by atoms with Crippen LogP contribution in [0.3, 0.4) is 0 Å². The quantitative estimate of drug-likeness (QED) is 0.744. The molecule has 1 heterocycles. The molecule has 1 fully saturated rings. The van der Waals surface area contributed by atoms with Crippen LogP contribution in [0.2, 0.25) is 0 Å². The van der Waals surface area contributed by atoms with Gasteiger partial charge in [0, 0.05) is 59.8 Å². The summed E-state index contributed by atoms with van der Waals surface area (Å²) in [7, 11) is 3.59. The number of hydrogen-bond acceptors (Lipinski definition) is 4. The van der Waals surface area contributed by atoms with Crippen LogP contribution in [0, 0.1) is 0 Å². The van der Waals surface area contributed by atoms with Crippen LogP contribution >= 0.6 is 0 Å². The van der Waals surface area contributed by atoms with Gasteiger partial charge in [-0.1, -0.05) is 0 Å². The maximum Gasteiger partial charge on any atom is 0.223 e. The lowest BCUT2D eigenvalue weighted by molar-refractivity contribution is -0.129. The number of hydrogen-bond donors (Lipinski definition) is 1. The number of aliphatic hydroxyl groups is 1. The SMILES string of the molecule is CN(C)C(=O)CCN1CCN(CC(C)(C)O)CC1. The standard InChI is InChI=1S/C13H27N3O2/c1-13(2,18)11-16-9-7-15(8-10-16)6-5-12(17)14(3)4/h18H,5-11H2,1-4H3. The molecule has 0 aromatic carbocycles. The molecule has 5 heteroatoms. The Morgan fingerprint density at radius 3 is 2.11 bits per heavy atom. The third-order valence-corrected chi connectivity index (χ3v) is 3.22. The van der Waals surface area contributed by atoms with E-state index in [4.69, 9.17) is 0 Å². The lowest BCUT2D eigenvalue weighted by Gasteiger charge is -2.37. The van der Waals surface area contributed by atoms with Crippen molar-refractivity contribution in [1.82, 2.24) is 14.7 Å². The van der Waals surface area contributed by atoms with Gasteiger partial charge in [0.1, 0.15) is 0 Å². The second kappa shape index (κ2) is 6.50. The minimum absolute atomic E-state index is 0.189. The summed E-state index contributed by atoms with van der Waals surface area (Å²) in [6.07, 6.45) is 0.596. The Labute approximate surface area is 110 Å². The predicted octanol–water partition coefficient (Wildman–Crippen LogP) is -0.147. The molecule has 1 N–H and O–H groups in total. The van der Waals surface area contributed by atoms with Crippen LogP contribution in [0.4, 0.5) is 0 Å². The first-order valence-electron chi connectivity index (χ1n) is 6.65. The molecule has 1 amide bonds. The molecule has 18 heavy (non-hydrogen) atoms. The summed E-state index contributed by atoms with van der Waals surface area (Å²) in [5.41, 5.74) is -0.622. The molecule has 0 aromatic heterocycles. The van der Waals surface area contributed by atoms with Gasteiger partial charge in [-0.25, -0.2) is 0 Å². The molecule has 0 unspecified atom stereocenters. The molecule has 0 saturated carbocycles. The number of β-amino-alcohol motifs (C(OH)–C–C–N with tert-alkyl or cyclic N) is 1. The summed E-state index contributed by atoms with van der Waals surface area (Å²) >= 11 is 0. The zero-order valence-electron chi connectivity index (χ0n) is 12.1. The molecule has 0 aliphatic carbocycles. The Morgan fingerprint density at radius 2 is 1.67 bits per heavy atom. The highest BCUT2D eigenvalue weighted by molar-refractivity contribution is 5.75. The van der Waals surface area contributed by atoms with Crippen LogP contribution in [0.1, 0.15) is 20.3 Å². The Bertz CT molecular complexity index is 266. The van der Waals surface area contributed by atoms with Gasteiger partial charge < -0.3 is 14.9 Å². The Morgan fingerprint density at radius 1 is 1.17 bits per heavy atom. The topological polar surface area (TPSA) is 47.0 Å². The summed E-state index contributed by atoms with van der Waals surface area (Å²) < 4.78 is 0. The van der Waals surface area contributed by atoms with Crippen molar-refractivity contribution in [3.8, 4) is 0 Å². The fourth-order valence-corrected chi connectivity index (χ4v) is 2.20. The van der Waals surface area contributed by atoms with Crippen molar-refractivity contribution >= 4 is 5.91 Å². The summed E-state index contributed by atoms with van der Waals surface area (Å²) in [6.45, 7) is 9.16. The first kappa shape index (κ1) is 15.4. The molecular weight excluding hydrogens is 230 g/mol. The Balaban J connectivity index is 2.21. The van der Waals surface area contributed by atoms with Crippen molar-refractivity contribution < 1.29 is 9.90 Å².